The van der Waals surface area contributed by atoms with Crippen LogP contribution in [-0.4, -0.2) is 35.2 Å². The summed E-state index contributed by atoms with van der Waals surface area (Å²) in [7, 11) is 0. The van der Waals surface area contributed by atoms with Crippen LogP contribution in [0, 0.1) is 6.92 Å². The van der Waals surface area contributed by atoms with Crippen molar-refractivity contribution >= 4 is 17.1 Å². The van der Waals surface area contributed by atoms with Crippen molar-refractivity contribution in [3.8, 4) is 0 Å². The van der Waals surface area contributed by atoms with Gasteiger partial charge in [-0.1, -0.05) is 6.42 Å². The molecule has 1 N–H and O–H groups in total. The molecule has 0 bridgehead atoms. The molecule has 0 saturated carbocycles. The molecule has 3 aromatic heterocycles. The highest BCUT2D eigenvalue weighted by Crippen LogP contribution is 2.25. The Bertz CT molecular complexity index is 1060. The van der Waals surface area contributed by atoms with Gasteiger partial charge in [-0.25, -0.2) is 9.97 Å². The lowest BCUT2D eigenvalue weighted by Gasteiger charge is -2.14. The number of pyridine rings is 1. The summed E-state index contributed by atoms with van der Waals surface area (Å²) in [5.41, 5.74) is 2.97. The van der Waals surface area contributed by atoms with Gasteiger partial charge in [0.1, 0.15) is 17.2 Å². The Labute approximate surface area is 163 Å². The van der Waals surface area contributed by atoms with E-state index in [0.29, 0.717) is 11.1 Å². The van der Waals surface area contributed by atoms with E-state index in [4.69, 9.17) is 9.97 Å². The minimum atomic E-state index is -0.212. The van der Waals surface area contributed by atoms with Crippen LogP contribution in [0.3, 0.4) is 0 Å². The Hall–Kier alpha value is -2.77. The highest BCUT2D eigenvalue weighted by Gasteiger charge is 2.25. The lowest BCUT2D eigenvalue weighted by molar-refractivity contribution is 0.0939. The van der Waals surface area contributed by atoms with Gasteiger partial charge < -0.3 is 14.5 Å². The summed E-state index contributed by atoms with van der Waals surface area (Å²) in [6.45, 7) is 5.73. The number of carbonyl (C=O) groups excluding carboxylic acids is 1. The molecule has 0 aliphatic carbocycles. The molecule has 1 unspecified atom stereocenters. The van der Waals surface area contributed by atoms with E-state index in [-0.39, 0.29) is 11.9 Å². The number of carbonyl (C=O) groups is 1. The molecule has 28 heavy (non-hydrogen) atoms. The molecule has 5 heterocycles. The van der Waals surface area contributed by atoms with Crippen molar-refractivity contribution in [1.82, 2.24) is 34.6 Å². The van der Waals surface area contributed by atoms with Crippen molar-refractivity contribution < 1.29 is 4.79 Å². The van der Waals surface area contributed by atoms with Gasteiger partial charge in [-0.3, -0.25) is 4.79 Å². The molecule has 8 heteroatoms. The van der Waals surface area contributed by atoms with Crippen LogP contribution in [0.2, 0.25) is 0 Å². The molecule has 1 amide bonds. The largest absolute Gasteiger partial charge is 0.342 e. The molecule has 8 nitrogen and oxygen atoms in total. The van der Waals surface area contributed by atoms with Crippen LogP contribution >= 0.6 is 0 Å². The molecular formula is C20H25N7O. The highest BCUT2D eigenvalue weighted by molar-refractivity contribution is 6.04. The Morgan fingerprint density at radius 2 is 1.86 bits per heavy atom. The minimum Gasteiger partial charge on any atom is -0.342 e. The molecule has 0 aromatic carbocycles. The fraction of sp³-hybridized carbons (Fsp3) is 0.550. The lowest BCUT2D eigenvalue weighted by Crippen LogP contribution is -2.29. The molecule has 0 radical (unpaired) electrons. The summed E-state index contributed by atoms with van der Waals surface area (Å²) in [6, 6.07) is 1.63. The summed E-state index contributed by atoms with van der Waals surface area (Å²) in [4.78, 5) is 22.7. The van der Waals surface area contributed by atoms with Crippen LogP contribution in [-0.2, 0) is 25.9 Å². The Morgan fingerprint density at radius 1 is 1.04 bits per heavy atom. The predicted octanol–water partition coefficient (Wildman–Crippen LogP) is 2.49. The first-order valence-electron chi connectivity index (χ1n) is 10.2. The van der Waals surface area contributed by atoms with E-state index in [2.05, 4.69) is 24.6 Å². The zero-order valence-corrected chi connectivity index (χ0v) is 16.4. The van der Waals surface area contributed by atoms with Crippen LogP contribution in [0.5, 0.6) is 0 Å². The predicted molar refractivity (Wildman–Crippen MR) is 104 cm³/mol. The number of aryl methyl sites for hydroxylation is 4. The van der Waals surface area contributed by atoms with Crippen molar-refractivity contribution in [2.24, 2.45) is 0 Å². The Balaban J connectivity index is 1.49. The third kappa shape index (κ3) is 2.78. The van der Waals surface area contributed by atoms with E-state index in [9.17, 15) is 4.79 Å². The van der Waals surface area contributed by atoms with Crippen molar-refractivity contribution in [2.75, 3.05) is 0 Å². The van der Waals surface area contributed by atoms with E-state index in [0.717, 1.165) is 74.0 Å². The molecule has 1 atom stereocenters. The lowest BCUT2D eigenvalue weighted by atomic mass is 10.1. The molecule has 146 valence electrons. The van der Waals surface area contributed by atoms with Crippen LogP contribution in [0.4, 0.5) is 0 Å². The molecular weight excluding hydrogens is 354 g/mol. The molecule has 2 aliphatic heterocycles. The molecule has 0 spiro atoms. The normalized spacial score (nSPS) is 17.2. The molecule has 3 aromatic rings. The monoisotopic (exact) mass is 379 g/mol. The van der Waals surface area contributed by atoms with Gasteiger partial charge >= 0.3 is 0 Å². The summed E-state index contributed by atoms with van der Waals surface area (Å²) >= 11 is 0. The molecule has 0 saturated heterocycles. The fourth-order valence-electron chi connectivity index (χ4n) is 4.42. The zero-order valence-electron chi connectivity index (χ0n) is 16.4. The van der Waals surface area contributed by atoms with Crippen molar-refractivity contribution in [3.63, 3.8) is 0 Å². The summed E-state index contributed by atoms with van der Waals surface area (Å²) < 4.78 is 4.32. The highest BCUT2D eigenvalue weighted by atomic mass is 16.1. The summed E-state index contributed by atoms with van der Waals surface area (Å²) in [5, 5.41) is 11.6. The van der Waals surface area contributed by atoms with Crippen molar-refractivity contribution in [3.05, 3.63) is 34.8 Å². The second-order valence-electron chi connectivity index (χ2n) is 7.90. The van der Waals surface area contributed by atoms with Crippen molar-refractivity contribution in [1.29, 1.82) is 0 Å². The molecule has 0 fully saturated rings. The maximum absolute atomic E-state index is 13.2. The number of rotatable bonds is 3. The second-order valence-corrected chi connectivity index (χ2v) is 7.90. The zero-order chi connectivity index (χ0) is 19.3. The number of hydrogen-bond acceptors (Lipinski definition) is 5. The second kappa shape index (κ2) is 6.68. The number of hydrogen-bond donors (Lipinski definition) is 1. The molecule has 2 aliphatic rings. The SMILES string of the molecule is Cc1cc(C(=O)NC(C)c2nnc3n2CCC3)c2nc3n(c2n1)CCCCC3. The quantitative estimate of drug-likeness (QED) is 0.755. The van der Waals surface area contributed by atoms with Crippen LogP contribution in [0.1, 0.15) is 72.2 Å². The van der Waals surface area contributed by atoms with Gasteiger partial charge in [-0.15, -0.1) is 10.2 Å². The average molecular weight is 379 g/mol. The maximum Gasteiger partial charge on any atom is 0.254 e. The number of imidazole rings is 1. The first-order valence-corrected chi connectivity index (χ1v) is 10.2. The Kier molecular flexibility index (Phi) is 4.14. The third-order valence-electron chi connectivity index (χ3n) is 5.81. The number of aromatic nitrogens is 6. The number of fused-ring (bicyclic) bond motifs is 4. The van der Waals surface area contributed by atoms with E-state index in [1.54, 1.807) is 0 Å². The van der Waals surface area contributed by atoms with Gasteiger partial charge in [-0.05, 0) is 39.2 Å². The summed E-state index contributed by atoms with van der Waals surface area (Å²) in [6.07, 6.45) is 6.47. The molecule has 5 rings (SSSR count). The number of nitrogens with one attached hydrogen (secondary N) is 1. The van der Waals surface area contributed by atoms with Gasteiger partial charge in [0.2, 0.25) is 0 Å². The van der Waals surface area contributed by atoms with Gasteiger partial charge in [0, 0.05) is 31.6 Å². The van der Waals surface area contributed by atoms with Crippen LogP contribution in [0.25, 0.3) is 11.2 Å². The van der Waals surface area contributed by atoms with E-state index < -0.39 is 0 Å². The van der Waals surface area contributed by atoms with Crippen molar-refractivity contribution in [2.45, 2.75) is 71.5 Å². The van der Waals surface area contributed by atoms with Gasteiger partial charge in [0.15, 0.2) is 11.5 Å². The smallest absolute Gasteiger partial charge is 0.254 e. The van der Waals surface area contributed by atoms with Crippen LogP contribution < -0.4 is 5.32 Å². The number of nitrogens with zero attached hydrogens (tertiary/aromatic N) is 6. The maximum atomic E-state index is 13.2. The van der Waals surface area contributed by atoms with E-state index >= 15 is 0 Å². The van der Waals surface area contributed by atoms with Crippen LogP contribution in [0.15, 0.2) is 6.07 Å². The first-order chi connectivity index (χ1) is 13.6. The average Bonchev–Trinajstić information content (AvgIpc) is 3.31. The topological polar surface area (TPSA) is 90.5 Å². The fourth-order valence-corrected chi connectivity index (χ4v) is 4.42. The van der Waals surface area contributed by atoms with Gasteiger partial charge in [0.25, 0.3) is 5.91 Å². The minimum absolute atomic E-state index is 0.133. The van der Waals surface area contributed by atoms with Gasteiger partial charge in [0.05, 0.1) is 11.6 Å². The number of amides is 1. The third-order valence-corrected chi connectivity index (χ3v) is 5.81. The standard InChI is InChI=1S/C20H25N7O/c1-12-11-14(17-19(21-12)26-9-5-3-4-7-15(26)23-17)20(28)22-13(2)18-25-24-16-8-6-10-27(16)18/h11,13H,3-10H2,1-2H3,(H,22,28). The van der Waals surface area contributed by atoms with E-state index in [1.807, 2.05) is 19.9 Å². The van der Waals surface area contributed by atoms with E-state index in [1.165, 1.54) is 6.42 Å². The Morgan fingerprint density at radius 3 is 2.75 bits per heavy atom. The van der Waals surface area contributed by atoms with Gasteiger partial charge in [-0.2, -0.15) is 0 Å². The first kappa shape index (κ1) is 17.3. The summed E-state index contributed by atoms with van der Waals surface area (Å²) in [5.74, 6) is 2.74.